The highest BCUT2D eigenvalue weighted by molar-refractivity contribution is 7.14. The molecule has 1 aliphatic heterocycles. The fraction of sp³-hybridized carbons (Fsp3) is 0.320. The van der Waals surface area contributed by atoms with Crippen molar-refractivity contribution in [3.63, 3.8) is 0 Å². The lowest BCUT2D eigenvalue weighted by atomic mass is 10.0. The number of H-pyrrole nitrogens is 1. The van der Waals surface area contributed by atoms with Crippen molar-refractivity contribution in [2.24, 2.45) is 5.92 Å². The number of thiazole rings is 1. The summed E-state index contributed by atoms with van der Waals surface area (Å²) in [6.07, 6.45) is 0.935. The summed E-state index contributed by atoms with van der Waals surface area (Å²) in [6.45, 7) is 8.87. The summed E-state index contributed by atoms with van der Waals surface area (Å²) >= 11 is 7.77. The zero-order valence-electron chi connectivity index (χ0n) is 18.6. The minimum absolute atomic E-state index is 0.0238. The van der Waals surface area contributed by atoms with Crippen LogP contribution in [0.3, 0.4) is 0 Å². The van der Waals surface area contributed by atoms with Crippen molar-refractivity contribution in [2.75, 3.05) is 6.54 Å². The Hall–Kier alpha value is -2.70. The second-order valence-corrected chi connectivity index (χ2v) is 10.3. The van der Waals surface area contributed by atoms with Crippen LogP contribution in [0.1, 0.15) is 51.0 Å². The van der Waals surface area contributed by atoms with E-state index in [0.717, 1.165) is 45.1 Å². The van der Waals surface area contributed by atoms with Gasteiger partial charge in [0.1, 0.15) is 10.7 Å². The van der Waals surface area contributed by atoms with Crippen LogP contribution in [0.5, 0.6) is 0 Å². The van der Waals surface area contributed by atoms with Gasteiger partial charge >= 0.3 is 0 Å². The van der Waals surface area contributed by atoms with E-state index in [0.29, 0.717) is 22.4 Å². The first-order valence-electron chi connectivity index (χ1n) is 10.8. The lowest BCUT2D eigenvalue weighted by Crippen LogP contribution is -2.32. The van der Waals surface area contributed by atoms with E-state index < -0.39 is 0 Å². The van der Waals surface area contributed by atoms with Crippen molar-refractivity contribution in [1.82, 2.24) is 19.9 Å². The van der Waals surface area contributed by atoms with Crippen LogP contribution in [0.15, 0.2) is 36.4 Å². The first-order chi connectivity index (χ1) is 15.3. The maximum atomic E-state index is 13.8. The highest BCUT2D eigenvalue weighted by Crippen LogP contribution is 2.40. The topological polar surface area (TPSA) is 61.9 Å². The smallest absolute Gasteiger partial charge is 0.266 e. The van der Waals surface area contributed by atoms with Crippen LogP contribution in [0.4, 0.5) is 0 Å². The number of nitrogens with one attached hydrogen (secondary N) is 1. The number of carbonyl (C=O) groups is 1. The number of aryl methyl sites for hydroxylation is 3. The number of carbonyl (C=O) groups excluding carboxylic acids is 1. The zero-order chi connectivity index (χ0) is 22.6. The molecular weight excluding hydrogens is 440 g/mol. The van der Waals surface area contributed by atoms with Gasteiger partial charge in [-0.05, 0) is 50.8 Å². The van der Waals surface area contributed by atoms with Crippen molar-refractivity contribution >= 4 is 39.9 Å². The van der Waals surface area contributed by atoms with Crippen LogP contribution in [0.2, 0.25) is 5.02 Å². The third kappa shape index (κ3) is 3.51. The monoisotopic (exact) mass is 464 g/mol. The fourth-order valence-electron chi connectivity index (χ4n) is 4.55. The summed E-state index contributed by atoms with van der Waals surface area (Å²) < 4.78 is 0. The predicted octanol–water partition coefficient (Wildman–Crippen LogP) is 6.49. The van der Waals surface area contributed by atoms with E-state index in [1.807, 2.05) is 43.0 Å². The van der Waals surface area contributed by atoms with E-state index in [-0.39, 0.29) is 11.9 Å². The lowest BCUT2D eigenvalue weighted by molar-refractivity contribution is 0.0720. The number of rotatable bonds is 3. The number of halogens is 1. The maximum absolute atomic E-state index is 13.8. The lowest BCUT2D eigenvalue weighted by Gasteiger charge is -2.25. The van der Waals surface area contributed by atoms with Crippen LogP contribution < -0.4 is 0 Å². The number of aromatic amines is 1. The van der Waals surface area contributed by atoms with Crippen molar-refractivity contribution in [3.05, 3.63) is 68.3 Å². The van der Waals surface area contributed by atoms with Gasteiger partial charge in [0, 0.05) is 17.1 Å². The quantitative estimate of drug-likeness (QED) is 0.377. The molecule has 4 aromatic rings. The first-order valence-corrected chi connectivity index (χ1v) is 12.0. The number of amides is 1. The van der Waals surface area contributed by atoms with E-state index in [2.05, 4.69) is 31.0 Å². The van der Waals surface area contributed by atoms with Gasteiger partial charge in [0.25, 0.3) is 5.91 Å². The molecule has 0 saturated carbocycles. The number of hydrogen-bond acceptors (Lipinski definition) is 4. The maximum Gasteiger partial charge on any atom is 0.266 e. The first kappa shape index (κ1) is 21.2. The Morgan fingerprint density at radius 3 is 2.62 bits per heavy atom. The van der Waals surface area contributed by atoms with Gasteiger partial charge in [-0.25, -0.2) is 9.97 Å². The Labute approximate surface area is 196 Å². The fourth-order valence-corrected chi connectivity index (χ4v) is 5.60. The minimum atomic E-state index is -0.110. The van der Waals surface area contributed by atoms with Gasteiger partial charge in [-0.2, -0.15) is 0 Å². The van der Waals surface area contributed by atoms with Gasteiger partial charge < -0.3 is 9.88 Å². The molecular formula is C25H25ClN4OS. The molecule has 0 unspecified atom stereocenters. The van der Waals surface area contributed by atoms with E-state index in [1.54, 1.807) is 0 Å². The standard InChI is InChI=1S/C25H25ClN4OS/c1-13-5-7-17(8-6-13)21-23(32-16(4)27-21)25(31)30-12-11-14(2)22(30)24-28-19-10-9-18(26)15(3)20(19)29-24/h5-10,14,22H,11-12H2,1-4H3,(H,28,29)/t14-,22-/m0/s1. The number of benzene rings is 2. The molecule has 5 rings (SSSR count). The average molecular weight is 465 g/mol. The molecule has 2 aromatic carbocycles. The Morgan fingerprint density at radius 2 is 1.88 bits per heavy atom. The van der Waals surface area contributed by atoms with Gasteiger partial charge in [-0.3, -0.25) is 4.79 Å². The van der Waals surface area contributed by atoms with Crippen LogP contribution in [-0.4, -0.2) is 32.3 Å². The molecule has 7 heteroatoms. The predicted molar refractivity (Wildman–Crippen MR) is 130 cm³/mol. The number of nitrogens with zero attached hydrogens (tertiary/aromatic N) is 3. The van der Waals surface area contributed by atoms with Crippen molar-refractivity contribution in [2.45, 2.75) is 40.2 Å². The third-order valence-electron chi connectivity index (χ3n) is 6.35. The van der Waals surface area contributed by atoms with E-state index >= 15 is 0 Å². The Kier molecular flexibility index (Phi) is 5.30. The molecule has 1 saturated heterocycles. The molecule has 2 aromatic heterocycles. The molecule has 164 valence electrons. The molecule has 5 nitrogen and oxygen atoms in total. The molecule has 32 heavy (non-hydrogen) atoms. The Bertz CT molecular complexity index is 1320. The van der Waals surface area contributed by atoms with Crippen LogP contribution in [0.25, 0.3) is 22.3 Å². The second kappa shape index (κ2) is 8.01. The second-order valence-electron chi connectivity index (χ2n) is 8.68. The van der Waals surface area contributed by atoms with E-state index in [1.165, 1.54) is 16.9 Å². The molecule has 1 amide bonds. The minimum Gasteiger partial charge on any atom is -0.340 e. The van der Waals surface area contributed by atoms with E-state index in [4.69, 9.17) is 21.6 Å². The highest BCUT2D eigenvalue weighted by atomic mass is 35.5. The number of hydrogen-bond donors (Lipinski definition) is 1. The molecule has 2 atom stereocenters. The molecule has 1 N–H and O–H groups in total. The summed E-state index contributed by atoms with van der Waals surface area (Å²) in [7, 11) is 0. The Balaban J connectivity index is 1.54. The number of aromatic nitrogens is 3. The molecule has 0 spiro atoms. The van der Waals surface area contributed by atoms with Gasteiger partial charge in [0.05, 0.1) is 27.8 Å². The molecule has 0 aliphatic carbocycles. The van der Waals surface area contributed by atoms with Gasteiger partial charge in [-0.15, -0.1) is 11.3 Å². The molecule has 1 fully saturated rings. The van der Waals surface area contributed by atoms with Crippen LogP contribution in [0, 0.1) is 26.7 Å². The summed E-state index contributed by atoms with van der Waals surface area (Å²) in [6, 6.07) is 11.9. The highest BCUT2D eigenvalue weighted by Gasteiger charge is 2.39. The SMILES string of the molecule is Cc1ccc(-c2nc(C)sc2C(=O)N2CC[C@H](C)[C@H]2c2nc3c(C)c(Cl)ccc3[nH]2)cc1. The van der Waals surface area contributed by atoms with Crippen molar-refractivity contribution in [3.8, 4) is 11.3 Å². The number of likely N-dealkylation sites (tertiary alicyclic amines) is 1. The largest absolute Gasteiger partial charge is 0.340 e. The van der Waals surface area contributed by atoms with Crippen LogP contribution in [-0.2, 0) is 0 Å². The van der Waals surface area contributed by atoms with E-state index in [9.17, 15) is 4.79 Å². The van der Waals surface area contributed by atoms with Gasteiger partial charge in [-0.1, -0.05) is 48.4 Å². The summed E-state index contributed by atoms with van der Waals surface area (Å²) in [5.74, 6) is 1.14. The van der Waals surface area contributed by atoms with Gasteiger partial charge in [0.15, 0.2) is 0 Å². The summed E-state index contributed by atoms with van der Waals surface area (Å²) in [5, 5.41) is 1.59. The zero-order valence-corrected chi connectivity index (χ0v) is 20.1. The number of imidazole rings is 1. The van der Waals surface area contributed by atoms with Crippen LogP contribution >= 0.6 is 22.9 Å². The third-order valence-corrected chi connectivity index (χ3v) is 7.72. The average Bonchev–Trinajstić information content (AvgIpc) is 3.47. The normalized spacial score (nSPS) is 18.6. The number of fused-ring (bicyclic) bond motifs is 1. The van der Waals surface area contributed by atoms with Crippen molar-refractivity contribution < 1.29 is 4.79 Å². The molecule has 3 heterocycles. The summed E-state index contributed by atoms with van der Waals surface area (Å²) in [4.78, 5) is 29.5. The van der Waals surface area contributed by atoms with Gasteiger partial charge in [0.2, 0.25) is 0 Å². The Morgan fingerprint density at radius 1 is 1.12 bits per heavy atom. The molecule has 0 radical (unpaired) electrons. The van der Waals surface area contributed by atoms with Crippen molar-refractivity contribution in [1.29, 1.82) is 0 Å². The summed E-state index contributed by atoms with van der Waals surface area (Å²) in [5.41, 5.74) is 5.69. The molecule has 0 bridgehead atoms. The molecule has 1 aliphatic rings.